The number of pyridine rings is 1. The number of hydrogen-bond acceptors (Lipinski definition) is 2. The van der Waals surface area contributed by atoms with Gasteiger partial charge in [0.05, 0.1) is 6.20 Å². The predicted molar refractivity (Wildman–Crippen MR) is 85.8 cm³/mol. The van der Waals surface area contributed by atoms with Gasteiger partial charge in [0.2, 0.25) is 0 Å². The van der Waals surface area contributed by atoms with Crippen molar-refractivity contribution in [2.75, 3.05) is 13.1 Å². The second-order valence-corrected chi connectivity index (χ2v) is 7.45. The normalized spacial score (nSPS) is 26.8. The maximum Gasteiger partial charge on any atom is 0.144 e. The van der Waals surface area contributed by atoms with Crippen LogP contribution in [0, 0.1) is 23.1 Å². The van der Waals surface area contributed by atoms with Crippen LogP contribution in [0.25, 0.3) is 0 Å². The molecule has 0 amide bonds. The Labute approximate surface area is 128 Å². The van der Waals surface area contributed by atoms with E-state index in [1.165, 1.54) is 19.0 Å². The van der Waals surface area contributed by atoms with Crippen LogP contribution in [-0.4, -0.2) is 18.1 Å². The lowest BCUT2D eigenvalue weighted by Gasteiger charge is -2.42. The van der Waals surface area contributed by atoms with Crippen LogP contribution in [0.4, 0.5) is 4.39 Å². The number of halogens is 1. The lowest BCUT2D eigenvalue weighted by Crippen LogP contribution is -2.36. The molecular formula is C18H29FN2. The fraction of sp³-hybridized carbons (Fsp3) is 0.722. The molecule has 1 aliphatic carbocycles. The summed E-state index contributed by atoms with van der Waals surface area (Å²) in [4.78, 5) is 3.90. The van der Waals surface area contributed by atoms with Gasteiger partial charge in [-0.25, -0.2) is 4.39 Å². The molecule has 21 heavy (non-hydrogen) atoms. The van der Waals surface area contributed by atoms with Gasteiger partial charge in [0.25, 0.3) is 0 Å². The van der Waals surface area contributed by atoms with Crippen LogP contribution >= 0.6 is 0 Å². The van der Waals surface area contributed by atoms with Crippen LogP contribution in [0.1, 0.15) is 58.4 Å². The molecule has 0 radical (unpaired) electrons. The zero-order valence-corrected chi connectivity index (χ0v) is 13.8. The minimum atomic E-state index is -0.140. The van der Waals surface area contributed by atoms with Crippen molar-refractivity contribution >= 4 is 0 Å². The topological polar surface area (TPSA) is 24.9 Å². The molecule has 1 heterocycles. The van der Waals surface area contributed by atoms with Gasteiger partial charge in [0.1, 0.15) is 5.82 Å². The van der Waals surface area contributed by atoms with Gasteiger partial charge in [-0.15, -0.1) is 0 Å². The second-order valence-electron chi connectivity index (χ2n) is 7.45. The lowest BCUT2D eigenvalue weighted by molar-refractivity contribution is 0.128. The number of nitrogens with zero attached hydrogens (tertiary/aromatic N) is 1. The Kier molecular flexibility index (Phi) is 5.37. The molecule has 0 bridgehead atoms. The maximum absolute atomic E-state index is 14.2. The first-order valence-corrected chi connectivity index (χ1v) is 8.23. The molecule has 3 atom stereocenters. The number of hydrogen-bond donors (Lipinski definition) is 1. The SMILES string of the molecule is CCNCC1CCC(C(C)(C)C)CC1c1ccncc1F. The summed E-state index contributed by atoms with van der Waals surface area (Å²) in [5.74, 6) is 1.36. The molecule has 2 rings (SSSR count). The zero-order valence-electron chi connectivity index (χ0n) is 13.8. The van der Waals surface area contributed by atoms with E-state index >= 15 is 0 Å². The van der Waals surface area contributed by atoms with Crippen LogP contribution in [0.15, 0.2) is 18.5 Å². The summed E-state index contributed by atoms with van der Waals surface area (Å²) in [5, 5.41) is 3.45. The van der Waals surface area contributed by atoms with Crippen LogP contribution in [0.2, 0.25) is 0 Å². The van der Waals surface area contributed by atoms with Crippen molar-refractivity contribution in [1.29, 1.82) is 0 Å². The van der Waals surface area contributed by atoms with Crippen LogP contribution in [0.5, 0.6) is 0 Å². The maximum atomic E-state index is 14.2. The summed E-state index contributed by atoms with van der Waals surface area (Å²) in [5.41, 5.74) is 1.16. The highest BCUT2D eigenvalue weighted by Gasteiger charge is 2.37. The second kappa shape index (κ2) is 6.87. The van der Waals surface area contributed by atoms with Gasteiger partial charge < -0.3 is 5.32 Å². The van der Waals surface area contributed by atoms with Crippen LogP contribution in [0.3, 0.4) is 0 Å². The summed E-state index contributed by atoms with van der Waals surface area (Å²) >= 11 is 0. The van der Waals surface area contributed by atoms with E-state index in [9.17, 15) is 4.39 Å². The summed E-state index contributed by atoms with van der Waals surface area (Å²) in [7, 11) is 0. The lowest BCUT2D eigenvalue weighted by atomic mass is 9.64. The third-order valence-corrected chi connectivity index (χ3v) is 5.08. The first-order valence-electron chi connectivity index (χ1n) is 8.23. The summed E-state index contributed by atoms with van der Waals surface area (Å²) in [6, 6.07) is 1.88. The highest BCUT2D eigenvalue weighted by molar-refractivity contribution is 5.20. The number of aromatic nitrogens is 1. The Bertz CT molecular complexity index is 453. The Morgan fingerprint density at radius 3 is 2.71 bits per heavy atom. The first-order chi connectivity index (χ1) is 9.93. The standard InChI is InChI=1S/C18H29FN2/c1-5-20-11-13-6-7-14(18(2,3)4)10-16(13)15-8-9-21-12-17(15)19/h8-9,12-14,16,20H,5-7,10-11H2,1-4H3. The van der Waals surface area contributed by atoms with E-state index in [-0.39, 0.29) is 5.82 Å². The first kappa shape index (κ1) is 16.4. The number of nitrogens with one attached hydrogen (secondary N) is 1. The molecule has 1 aromatic rings. The summed E-state index contributed by atoms with van der Waals surface area (Å²) in [6.45, 7) is 11.0. The van der Waals surface area contributed by atoms with E-state index in [1.807, 2.05) is 6.07 Å². The van der Waals surface area contributed by atoms with Gasteiger partial charge in [-0.1, -0.05) is 27.7 Å². The Hall–Kier alpha value is -0.960. The van der Waals surface area contributed by atoms with E-state index in [1.54, 1.807) is 6.20 Å². The molecule has 1 fully saturated rings. The van der Waals surface area contributed by atoms with Gasteiger partial charge >= 0.3 is 0 Å². The monoisotopic (exact) mass is 292 g/mol. The van der Waals surface area contributed by atoms with E-state index < -0.39 is 0 Å². The van der Waals surface area contributed by atoms with E-state index in [0.717, 1.165) is 25.1 Å². The quantitative estimate of drug-likeness (QED) is 0.891. The van der Waals surface area contributed by atoms with Crippen molar-refractivity contribution in [3.8, 4) is 0 Å². The van der Waals surface area contributed by atoms with E-state index in [0.29, 0.717) is 23.2 Å². The summed E-state index contributed by atoms with van der Waals surface area (Å²) in [6.07, 6.45) is 6.61. The molecule has 0 spiro atoms. The molecule has 118 valence electrons. The van der Waals surface area contributed by atoms with Crippen molar-refractivity contribution in [3.63, 3.8) is 0 Å². The predicted octanol–water partition coefficient (Wildman–Crippen LogP) is 4.38. The van der Waals surface area contributed by atoms with Crippen molar-refractivity contribution in [1.82, 2.24) is 10.3 Å². The smallest absolute Gasteiger partial charge is 0.144 e. The highest BCUT2D eigenvalue weighted by atomic mass is 19.1. The van der Waals surface area contributed by atoms with Crippen molar-refractivity contribution < 1.29 is 4.39 Å². The average molecular weight is 292 g/mol. The fourth-order valence-corrected chi connectivity index (χ4v) is 3.66. The van der Waals surface area contributed by atoms with Gasteiger partial charge in [-0.05, 0) is 67.2 Å². The zero-order chi connectivity index (χ0) is 15.5. The van der Waals surface area contributed by atoms with E-state index in [4.69, 9.17) is 0 Å². The van der Waals surface area contributed by atoms with E-state index in [2.05, 4.69) is 38.0 Å². The minimum Gasteiger partial charge on any atom is -0.317 e. The largest absolute Gasteiger partial charge is 0.317 e. The molecule has 1 aliphatic rings. The van der Waals surface area contributed by atoms with Crippen molar-refractivity contribution in [2.45, 2.75) is 52.9 Å². The van der Waals surface area contributed by atoms with Gasteiger partial charge in [0, 0.05) is 6.20 Å². The Morgan fingerprint density at radius 1 is 1.33 bits per heavy atom. The molecule has 2 nitrogen and oxygen atoms in total. The van der Waals surface area contributed by atoms with Gasteiger partial charge in [-0.2, -0.15) is 0 Å². The molecule has 3 unspecified atom stereocenters. The highest BCUT2D eigenvalue weighted by Crippen LogP contribution is 2.47. The fourth-order valence-electron chi connectivity index (χ4n) is 3.66. The molecule has 0 aliphatic heterocycles. The van der Waals surface area contributed by atoms with Crippen LogP contribution in [-0.2, 0) is 0 Å². The van der Waals surface area contributed by atoms with Gasteiger partial charge in [-0.3, -0.25) is 4.98 Å². The molecule has 0 saturated heterocycles. The third-order valence-electron chi connectivity index (χ3n) is 5.08. The number of rotatable bonds is 4. The molecule has 1 N–H and O–H groups in total. The third kappa shape index (κ3) is 4.03. The molecular weight excluding hydrogens is 263 g/mol. The summed E-state index contributed by atoms with van der Waals surface area (Å²) < 4.78 is 14.2. The average Bonchev–Trinajstić information content (AvgIpc) is 2.44. The van der Waals surface area contributed by atoms with Crippen molar-refractivity contribution in [3.05, 3.63) is 29.8 Å². The molecule has 3 heteroatoms. The van der Waals surface area contributed by atoms with Crippen molar-refractivity contribution in [2.24, 2.45) is 17.3 Å². The molecule has 1 aromatic heterocycles. The Balaban J connectivity index is 2.23. The molecule has 1 saturated carbocycles. The Morgan fingerprint density at radius 2 is 2.10 bits per heavy atom. The van der Waals surface area contributed by atoms with Crippen LogP contribution < -0.4 is 5.32 Å². The molecule has 0 aromatic carbocycles. The minimum absolute atomic E-state index is 0.140. The van der Waals surface area contributed by atoms with Gasteiger partial charge in [0.15, 0.2) is 0 Å².